The van der Waals surface area contributed by atoms with Gasteiger partial charge in [0.25, 0.3) is 27.4 Å². The molecule has 0 unspecified atom stereocenters. The molecule has 0 bridgehead atoms. The first-order valence-corrected chi connectivity index (χ1v) is 11.4. The molecule has 0 saturated carbocycles. The van der Waals surface area contributed by atoms with Gasteiger partial charge >= 0.3 is 0 Å². The number of sulfonamides is 1. The molecule has 0 fully saturated rings. The van der Waals surface area contributed by atoms with Crippen LogP contribution in [0.3, 0.4) is 0 Å². The van der Waals surface area contributed by atoms with Crippen molar-refractivity contribution in [3.63, 3.8) is 0 Å². The van der Waals surface area contributed by atoms with Crippen molar-refractivity contribution in [3.05, 3.63) is 57.0 Å². The van der Waals surface area contributed by atoms with Crippen molar-refractivity contribution in [1.82, 2.24) is 19.2 Å². The third-order valence-corrected chi connectivity index (χ3v) is 7.66. The van der Waals surface area contributed by atoms with E-state index < -0.39 is 27.9 Å². The van der Waals surface area contributed by atoms with Crippen LogP contribution in [0.2, 0.25) is 0 Å². The first-order valence-electron chi connectivity index (χ1n) is 9.06. The lowest BCUT2D eigenvalue weighted by atomic mass is 10.1. The number of benzene rings is 1. The summed E-state index contributed by atoms with van der Waals surface area (Å²) in [5.41, 5.74) is 0.450. The third-order valence-electron chi connectivity index (χ3n) is 4.76. The maximum Gasteiger partial charge on any atom is 0.269 e. The lowest BCUT2D eigenvalue weighted by molar-refractivity contribution is 0.0779. The molecule has 0 atom stereocenters. The Morgan fingerprint density at radius 1 is 1.27 bits per heavy atom. The zero-order chi connectivity index (χ0) is 21.8. The number of aromatic nitrogens is 2. The molecule has 156 valence electrons. The number of carbonyl (C=O) groups is 2. The fraction of sp³-hybridized carbons (Fsp3) is 0.263. The molecule has 9 nitrogen and oxygen atoms in total. The lowest BCUT2D eigenvalue weighted by Gasteiger charge is -2.19. The highest BCUT2D eigenvalue weighted by molar-refractivity contribution is 7.90. The standard InChI is InChI=1S/C19H18N4O5S2/c1-10(2)23-19(26)12-5-4-11(8-14(12)30(23,27)28)18(25)22(3)9-15-20-13-6-7-29-16(13)17(24)21-15/h4-8,10H,9H2,1-3H3,(H,20,21,24). The van der Waals surface area contributed by atoms with E-state index in [1.165, 1.54) is 41.5 Å². The minimum atomic E-state index is -4.00. The van der Waals surface area contributed by atoms with E-state index in [1.54, 1.807) is 25.3 Å². The Labute approximate surface area is 176 Å². The van der Waals surface area contributed by atoms with E-state index in [2.05, 4.69) is 9.97 Å². The average molecular weight is 447 g/mol. The smallest absolute Gasteiger partial charge is 0.269 e. The van der Waals surface area contributed by atoms with Crippen LogP contribution in [-0.4, -0.2) is 52.5 Å². The highest BCUT2D eigenvalue weighted by Gasteiger charge is 2.43. The highest BCUT2D eigenvalue weighted by atomic mass is 32.2. The second kappa shape index (κ2) is 7.03. The van der Waals surface area contributed by atoms with E-state index in [-0.39, 0.29) is 28.1 Å². The molecule has 1 aliphatic heterocycles. The Kier molecular flexibility index (Phi) is 4.74. The summed E-state index contributed by atoms with van der Waals surface area (Å²) in [6, 6.07) is 5.20. The quantitative estimate of drug-likeness (QED) is 0.653. The number of rotatable bonds is 4. The second-order valence-electron chi connectivity index (χ2n) is 7.22. The Hall–Kier alpha value is -3.05. The number of aromatic amines is 1. The molecule has 30 heavy (non-hydrogen) atoms. The first-order chi connectivity index (χ1) is 14.1. The number of nitrogens with one attached hydrogen (secondary N) is 1. The Morgan fingerprint density at radius 2 is 2.00 bits per heavy atom. The van der Waals surface area contributed by atoms with Crippen LogP contribution in [0.1, 0.15) is 40.4 Å². The van der Waals surface area contributed by atoms with Gasteiger partial charge in [0.15, 0.2) is 0 Å². The van der Waals surface area contributed by atoms with Crippen molar-refractivity contribution in [1.29, 1.82) is 0 Å². The van der Waals surface area contributed by atoms with Gasteiger partial charge in [0.2, 0.25) is 0 Å². The molecule has 3 heterocycles. The lowest BCUT2D eigenvalue weighted by Crippen LogP contribution is -2.36. The Morgan fingerprint density at radius 3 is 2.70 bits per heavy atom. The molecule has 2 amide bonds. The zero-order valence-corrected chi connectivity index (χ0v) is 18.0. The SMILES string of the molecule is CC(C)N1C(=O)c2ccc(C(=O)N(C)Cc3nc4ccsc4c(=O)[nH]3)cc2S1(=O)=O. The Balaban J connectivity index is 1.64. The minimum Gasteiger partial charge on any atom is -0.334 e. The van der Waals surface area contributed by atoms with E-state index in [9.17, 15) is 22.8 Å². The zero-order valence-electron chi connectivity index (χ0n) is 16.4. The summed E-state index contributed by atoms with van der Waals surface area (Å²) in [7, 11) is -2.48. The summed E-state index contributed by atoms with van der Waals surface area (Å²) in [5, 5.41) is 1.76. The first kappa shape index (κ1) is 20.2. The molecule has 0 aliphatic carbocycles. The van der Waals surface area contributed by atoms with E-state index in [0.29, 0.717) is 16.0 Å². The number of fused-ring (bicyclic) bond motifs is 2. The van der Waals surface area contributed by atoms with Crippen molar-refractivity contribution < 1.29 is 18.0 Å². The number of hydrogen-bond donors (Lipinski definition) is 1. The van der Waals surface area contributed by atoms with Crippen LogP contribution in [0, 0.1) is 0 Å². The van der Waals surface area contributed by atoms with Crippen LogP contribution in [0.5, 0.6) is 0 Å². The van der Waals surface area contributed by atoms with Gasteiger partial charge in [-0.15, -0.1) is 11.3 Å². The van der Waals surface area contributed by atoms with Gasteiger partial charge in [-0.25, -0.2) is 17.7 Å². The van der Waals surface area contributed by atoms with Gasteiger partial charge in [-0.05, 0) is 43.5 Å². The van der Waals surface area contributed by atoms with Crippen molar-refractivity contribution in [3.8, 4) is 0 Å². The van der Waals surface area contributed by atoms with Gasteiger partial charge in [-0.1, -0.05) is 0 Å². The number of nitrogens with zero attached hydrogens (tertiary/aromatic N) is 3. The number of H-pyrrole nitrogens is 1. The monoisotopic (exact) mass is 446 g/mol. The summed E-state index contributed by atoms with van der Waals surface area (Å²) >= 11 is 1.28. The van der Waals surface area contributed by atoms with Crippen molar-refractivity contribution in [2.24, 2.45) is 0 Å². The molecule has 0 saturated heterocycles. The van der Waals surface area contributed by atoms with Gasteiger partial charge in [0.1, 0.15) is 15.4 Å². The summed E-state index contributed by atoms with van der Waals surface area (Å²) in [5.74, 6) is -0.744. The van der Waals surface area contributed by atoms with Crippen LogP contribution in [0.4, 0.5) is 0 Å². The van der Waals surface area contributed by atoms with Crippen LogP contribution in [0.15, 0.2) is 39.3 Å². The fourth-order valence-electron chi connectivity index (χ4n) is 3.40. The van der Waals surface area contributed by atoms with E-state index in [0.717, 1.165) is 4.31 Å². The second-order valence-corrected chi connectivity index (χ2v) is 9.92. The summed E-state index contributed by atoms with van der Waals surface area (Å²) < 4.78 is 26.8. The fourth-order valence-corrected chi connectivity index (χ4v) is 5.92. The molecule has 3 aromatic rings. The van der Waals surface area contributed by atoms with Gasteiger partial charge in [-0.2, -0.15) is 0 Å². The molecule has 2 aromatic heterocycles. The maximum absolute atomic E-state index is 12.9. The molecule has 1 aromatic carbocycles. The van der Waals surface area contributed by atoms with Crippen molar-refractivity contribution in [2.45, 2.75) is 31.3 Å². The maximum atomic E-state index is 12.9. The van der Waals surface area contributed by atoms with Gasteiger partial charge < -0.3 is 9.88 Å². The largest absolute Gasteiger partial charge is 0.334 e. The van der Waals surface area contributed by atoms with Crippen LogP contribution in [-0.2, 0) is 16.6 Å². The van der Waals surface area contributed by atoms with Gasteiger partial charge in [0.05, 0.1) is 17.6 Å². The number of thiophene rings is 1. The highest BCUT2D eigenvalue weighted by Crippen LogP contribution is 2.32. The van der Waals surface area contributed by atoms with E-state index >= 15 is 0 Å². The predicted molar refractivity (Wildman–Crippen MR) is 111 cm³/mol. The molecular formula is C19H18N4O5S2. The van der Waals surface area contributed by atoms with Crippen molar-refractivity contribution >= 4 is 43.4 Å². The minimum absolute atomic E-state index is 0.0285. The number of hydrogen-bond acceptors (Lipinski definition) is 7. The predicted octanol–water partition coefficient (Wildman–Crippen LogP) is 1.81. The molecular weight excluding hydrogens is 428 g/mol. The average Bonchev–Trinajstić information content (AvgIpc) is 3.22. The van der Waals surface area contributed by atoms with Crippen LogP contribution < -0.4 is 5.56 Å². The summed E-state index contributed by atoms with van der Waals surface area (Å²) in [6.07, 6.45) is 0. The topological polar surface area (TPSA) is 121 Å². The van der Waals surface area contributed by atoms with Gasteiger partial charge in [0, 0.05) is 18.7 Å². The third kappa shape index (κ3) is 3.10. The molecule has 0 radical (unpaired) electrons. The molecule has 1 N–H and O–H groups in total. The molecule has 4 rings (SSSR count). The molecule has 1 aliphatic rings. The van der Waals surface area contributed by atoms with E-state index in [4.69, 9.17) is 0 Å². The Bertz CT molecular complexity index is 1360. The molecule has 11 heteroatoms. The summed E-state index contributed by atoms with van der Waals surface area (Å²) in [4.78, 5) is 45.6. The number of carbonyl (C=O) groups excluding carboxylic acids is 2. The van der Waals surface area contributed by atoms with E-state index in [1.807, 2.05) is 0 Å². The van der Waals surface area contributed by atoms with Crippen LogP contribution in [0.25, 0.3) is 10.2 Å². The van der Waals surface area contributed by atoms with Crippen LogP contribution >= 0.6 is 11.3 Å². The molecule has 0 spiro atoms. The normalized spacial score (nSPS) is 15.1. The van der Waals surface area contributed by atoms with Crippen molar-refractivity contribution in [2.75, 3.05) is 7.05 Å². The number of amides is 2. The summed E-state index contributed by atoms with van der Waals surface area (Å²) in [6.45, 7) is 3.25. The van der Waals surface area contributed by atoms with Gasteiger partial charge in [-0.3, -0.25) is 14.4 Å².